The Hall–Kier alpha value is -3.20. The molecule has 2 aromatic carbocycles. The molecular formula is C21H24N2O6S. The number of sulfonamides is 1. The zero-order valence-electron chi connectivity index (χ0n) is 17.5. The Labute approximate surface area is 175 Å². The first kappa shape index (κ1) is 21.5. The fraction of sp³-hybridized carbons (Fsp3) is 0.286. The van der Waals surface area contributed by atoms with Gasteiger partial charge in [-0.2, -0.15) is 0 Å². The first-order valence-electron chi connectivity index (χ1n) is 9.26. The highest BCUT2D eigenvalue weighted by Gasteiger charge is 2.25. The average molecular weight is 432 g/mol. The molecule has 8 nitrogen and oxygen atoms in total. The van der Waals surface area contributed by atoms with E-state index >= 15 is 0 Å². The van der Waals surface area contributed by atoms with Crippen molar-refractivity contribution in [1.29, 1.82) is 0 Å². The Kier molecular flexibility index (Phi) is 5.93. The van der Waals surface area contributed by atoms with Gasteiger partial charge in [0.2, 0.25) is 0 Å². The zero-order valence-corrected chi connectivity index (χ0v) is 18.3. The lowest BCUT2D eigenvalue weighted by atomic mass is 10.1. The first-order valence-corrected chi connectivity index (χ1v) is 10.7. The second-order valence-electron chi connectivity index (χ2n) is 6.70. The van der Waals surface area contributed by atoms with E-state index in [9.17, 15) is 13.2 Å². The molecule has 0 aliphatic carbocycles. The minimum atomic E-state index is -3.97. The van der Waals surface area contributed by atoms with E-state index < -0.39 is 16.0 Å². The topological polar surface area (TPSA) is 107 Å². The van der Waals surface area contributed by atoms with Gasteiger partial charge in [-0.15, -0.1) is 0 Å². The fourth-order valence-corrected chi connectivity index (χ4v) is 4.24. The molecule has 0 saturated heterocycles. The molecule has 30 heavy (non-hydrogen) atoms. The summed E-state index contributed by atoms with van der Waals surface area (Å²) in [7, 11) is -1.01. The standard InChI is InChI=1S/C21H24N2O6S/c1-6-29-21(24)20-19(15-10-17(27-4)18(28-5)11-16(15)22-20)23-30(25,26)14-8-7-12(2)13(3)9-14/h7-11,22-23H,6H2,1-5H3. The molecule has 3 aromatic rings. The molecule has 0 aliphatic rings. The average Bonchev–Trinajstić information content (AvgIpc) is 3.05. The lowest BCUT2D eigenvalue weighted by Gasteiger charge is -2.12. The normalized spacial score (nSPS) is 11.4. The van der Waals surface area contributed by atoms with Crippen LogP contribution in [0, 0.1) is 13.8 Å². The maximum atomic E-state index is 13.1. The van der Waals surface area contributed by atoms with Crippen LogP contribution in [-0.4, -0.2) is 40.2 Å². The van der Waals surface area contributed by atoms with Crippen LogP contribution < -0.4 is 14.2 Å². The Morgan fingerprint density at radius 3 is 2.30 bits per heavy atom. The molecule has 0 saturated carbocycles. The number of aryl methyl sites for hydroxylation is 2. The van der Waals surface area contributed by atoms with E-state index in [2.05, 4.69) is 9.71 Å². The number of aromatic nitrogens is 1. The monoisotopic (exact) mass is 432 g/mol. The number of fused-ring (bicyclic) bond motifs is 1. The molecule has 0 radical (unpaired) electrons. The number of nitrogens with one attached hydrogen (secondary N) is 2. The van der Waals surface area contributed by atoms with Crippen molar-refractivity contribution < 1.29 is 27.4 Å². The number of hydrogen-bond donors (Lipinski definition) is 2. The lowest BCUT2D eigenvalue weighted by Crippen LogP contribution is -2.16. The number of methoxy groups -OCH3 is 2. The minimum Gasteiger partial charge on any atom is -0.493 e. The highest BCUT2D eigenvalue weighted by Crippen LogP contribution is 2.38. The van der Waals surface area contributed by atoms with Gasteiger partial charge in [0.15, 0.2) is 17.2 Å². The van der Waals surface area contributed by atoms with Gasteiger partial charge in [0.1, 0.15) is 0 Å². The fourth-order valence-electron chi connectivity index (χ4n) is 3.06. The molecule has 1 heterocycles. The van der Waals surface area contributed by atoms with Crippen LogP contribution in [0.1, 0.15) is 28.5 Å². The molecule has 9 heteroatoms. The molecule has 0 atom stereocenters. The Morgan fingerprint density at radius 2 is 1.70 bits per heavy atom. The van der Waals surface area contributed by atoms with Crippen LogP contribution in [0.4, 0.5) is 5.69 Å². The van der Waals surface area contributed by atoms with Gasteiger partial charge in [-0.05, 0) is 50.1 Å². The van der Waals surface area contributed by atoms with Crippen molar-refractivity contribution in [3.05, 3.63) is 47.2 Å². The number of ether oxygens (including phenoxy) is 3. The predicted octanol–water partition coefficient (Wildman–Crippen LogP) is 3.78. The third-order valence-corrected chi connectivity index (χ3v) is 6.15. The second-order valence-corrected chi connectivity index (χ2v) is 8.38. The van der Waals surface area contributed by atoms with Crippen LogP contribution in [-0.2, 0) is 14.8 Å². The van der Waals surface area contributed by atoms with Crippen molar-refractivity contribution in [2.45, 2.75) is 25.7 Å². The molecule has 0 fully saturated rings. The van der Waals surface area contributed by atoms with Crippen molar-refractivity contribution in [3.8, 4) is 11.5 Å². The summed E-state index contributed by atoms with van der Waals surface area (Å²) < 4.78 is 44.4. The number of H-pyrrole nitrogens is 1. The number of benzene rings is 2. The molecule has 160 valence electrons. The van der Waals surface area contributed by atoms with Gasteiger partial charge in [-0.1, -0.05) is 6.07 Å². The summed E-state index contributed by atoms with van der Waals surface area (Å²) in [6.45, 7) is 5.55. The summed E-state index contributed by atoms with van der Waals surface area (Å²) >= 11 is 0. The molecule has 0 unspecified atom stereocenters. The summed E-state index contributed by atoms with van der Waals surface area (Å²) in [5.41, 5.74) is 2.39. The van der Waals surface area contributed by atoms with Gasteiger partial charge in [0, 0.05) is 11.5 Å². The zero-order chi connectivity index (χ0) is 22.1. The van der Waals surface area contributed by atoms with E-state index in [4.69, 9.17) is 14.2 Å². The third kappa shape index (κ3) is 3.93. The number of anilines is 1. The van der Waals surface area contributed by atoms with Crippen molar-refractivity contribution in [2.75, 3.05) is 25.5 Å². The number of carbonyl (C=O) groups is 1. The van der Waals surface area contributed by atoms with E-state index in [1.54, 1.807) is 31.2 Å². The van der Waals surface area contributed by atoms with Gasteiger partial charge in [0.05, 0.1) is 36.9 Å². The highest BCUT2D eigenvalue weighted by atomic mass is 32.2. The Balaban J connectivity index is 2.19. The van der Waals surface area contributed by atoms with E-state index in [0.29, 0.717) is 22.4 Å². The number of carbonyl (C=O) groups excluding carboxylic acids is 1. The molecule has 2 N–H and O–H groups in total. The van der Waals surface area contributed by atoms with Crippen molar-refractivity contribution in [3.63, 3.8) is 0 Å². The van der Waals surface area contributed by atoms with Crippen molar-refractivity contribution in [1.82, 2.24) is 4.98 Å². The number of rotatable bonds is 7. The molecule has 0 spiro atoms. The SMILES string of the molecule is CCOC(=O)c1[nH]c2cc(OC)c(OC)cc2c1NS(=O)(=O)c1ccc(C)c(C)c1. The second kappa shape index (κ2) is 8.27. The number of esters is 1. The first-order chi connectivity index (χ1) is 14.2. The molecule has 0 amide bonds. The lowest BCUT2D eigenvalue weighted by molar-refractivity contribution is 0.0522. The molecular weight excluding hydrogens is 408 g/mol. The van der Waals surface area contributed by atoms with Gasteiger partial charge < -0.3 is 19.2 Å². The van der Waals surface area contributed by atoms with Crippen molar-refractivity contribution >= 4 is 32.6 Å². The van der Waals surface area contributed by atoms with Crippen molar-refractivity contribution in [2.24, 2.45) is 0 Å². The minimum absolute atomic E-state index is 0.00503. The van der Waals surface area contributed by atoms with Gasteiger partial charge in [-0.25, -0.2) is 13.2 Å². The van der Waals surface area contributed by atoms with Crippen LogP contribution in [0.15, 0.2) is 35.2 Å². The quantitative estimate of drug-likeness (QED) is 0.550. The van der Waals surface area contributed by atoms with E-state index in [-0.39, 0.29) is 22.9 Å². The summed E-state index contributed by atoms with van der Waals surface area (Å²) in [6.07, 6.45) is 0. The summed E-state index contributed by atoms with van der Waals surface area (Å²) in [5, 5.41) is 0.447. The third-order valence-electron chi connectivity index (χ3n) is 4.81. The summed E-state index contributed by atoms with van der Waals surface area (Å²) in [6, 6.07) is 8.07. The largest absolute Gasteiger partial charge is 0.493 e. The molecule has 1 aromatic heterocycles. The predicted molar refractivity (Wildman–Crippen MR) is 114 cm³/mol. The van der Waals surface area contributed by atoms with Gasteiger partial charge in [-0.3, -0.25) is 4.72 Å². The molecule has 0 bridgehead atoms. The van der Waals surface area contributed by atoms with E-state index in [0.717, 1.165) is 11.1 Å². The van der Waals surface area contributed by atoms with Crippen LogP contribution in [0.25, 0.3) is 10.9 Å². The highest BCUT2D eigenvalue weighted by molar-refractivity contribution is 7.92. The number of aromatic amines is 1. The van der Waals surface area contributed by atoms with E-state index in [1.807, 2.05) is 13.8 Å². The molecule has 0 aliphatic heterocycles. The summed E-state index contributed by atoms with van der Waals surface area (Å²) in [5.74, 6) is 0.153. The van der Waals surface area contributed by atoms with Gasteiger partial charge >= 0.3 is 5.97 Å². The Morgan fingerprint density at radius 1 is 1.03 bits per heavy atom. The molecule has 3 rings (SSSR count). The summed E-state index contributed by atoms with van der Waals surface area (Å²) in [4.78, 5) is 15.5. The maximum absolute atomic E-state index is 13.1. The smallest absolute Gasteiger partial charge is 0.356 e. The Bertz CT molecular complexity index is 1210. The maximum Gasteiger partial charge on any atom is 0.356 e. The van der Waals surface area contributed by atoms with Crippen LogP contribution in [0.5, 0.6) is 11.5 Å². The van der Waals surface area contributed by atoms with Gasteiger partial charge in [0.25, 0.3) is 10.0 Å². The van der Waals surface area contributed by atoms with Crippen LogP contribution in [0.3, 0.4) is 0 Å². The van der Waals surface area contributed by atoms with Crippen LogP contribution >= 0.6 is 0 Å². The van der Waals surface area contributed by atoms with E-state index in [1.165, 1.54) is 20.3 Å². The number of hydrogen-bond acceptors (Lipinski definition) is 6. The van der Waals surface area contributed by atoms with Crippen LogP contribution in [0.2, 0.25) is 0 Å².